The smallest absolute Gasteiger partial charge is 0.387 e. The molecular formula is C14H19Cl2F3N5O13P3S. The maximum Gasteiger partial charge on any atom is 0.484 e. The molecule has 2 aromatic rings. The van der Waals surface area contributed by atoms with Crippen LogP contribution in [0.5, 0.6) is 0 Å². The van der Waals surface area contributed by atoms with E-state index in [9.17, 15) is 46.9 Å². The average molecular weight is 718 g/mol. The number of phosphoric acid groups is 2. The molecule has 41 heavy (non-hydrogen) atoms. The molecular weight excluding hydrogens is 699 g/mol. The summed E-state index contributed by atoms with van der Waals surface area (Å²) in [5.41, 5.74) is 5.65. The van der Waals surface area contributed by atoms with Gasteiger partial charge in [0.25, 0.3) is 0 Å². The first-order valence-electron chi connectivity index (χ1n) is 10.4. The van der Waals surface area contributed by atoms with E-state index in [1.54, 1.807) is 0 Å². The van der Waals surface area contributed by atoms with Crippen LogP contribution in [-0.4, -0.2) is 90.4 Å². The van der Waals surface area contributed by atoms with Crippen LogP contribution in [0.2, 0.25) is 0 Å². The summed E-state index contributed by atoms with van der Waals surface area (Å²) >= 11 is 10.9. The lowest BCUT2D eigenvalue weighted by atomic mass is 10.1. The molecule has 6 atom stereocenters. The van der Waals surface area contributed by atoms with Crippen LogP contribution in [0.3, 0.4) is 0 Å². The Balaban J connectivity index is 1.71. The maximum atomic E-state index is 12.5. The molecule has 1 aliphatic heterocycles. The van der Waals surface area contributed by atoms with E-state index in [-0.39, 0.29) is 22.1 Å². The molecule has 3 heterocycles. The van der Waals surface area contributed by atoms with E-state index in [2.05, 4.69) is 28.3 Å². The number of aliphatic hydroxyl groups is 2. The number of hydrogen-bond donors (Lipinski definition) is 7. The summed E-state index contributed by atoms with van der Waals surface area (Å²) in [6.45, 7) is -1.10. The monoisotopic (exact) mass is 717 g/mol. The van der Waals surface area contributed by atoms with Gasteiger partial charge in [0.05, 0.1) is 19.4 Å². The second kappa shape index (κ2) is 12.4. The van der Waals surface area contributed by atoms with Crippen molar-refractivity contribution in [3.63, 3.8) is 0 Å². The predicted octanol–water partition coefficient (Wildman–Crippen LogP) is 1.59. The van der Waals surface area contributed by atoms with Crippen LogP contribution in [0.15, 0.2) is 11.5 Å². The van der Waals surface area contributed by atoms with Gasteiger partial charge in [0, 0.05) is 5.75 Å². The van der Waals surface area contributed by atoms with Gasteiger partial charge in [-0.25, -0.2) is 28.6 Å². The zero-order chi connectivity index (χ0) is 31.2. The summed E-state index contributed by atoms with van der Waals surface area (Å²) in [5.74, 6) is -0.657. The van der Waals surface area contributed by atoms with Gasteiger partial charge < -0.3 is 40.3 Å². The number of aliphatic hydroxyl groups excluding tert-OH is 2. The van der Waals surface area contributed by atoms with Crippen LogP contribution < -0.4 is 5.73 Å². The van der Waals surface area contributed by atoms with Gasteiger partial charge in [0.2, 0.25) is 0 Å². The van der Waals surface area contributed by atoms with Crippen molar-refractivity contribution in [2.24, 2.45) is 0 Å². The fourth-order valence-corrected chi connectivity index (χ4v) is 7.12. The number of hydrogen-bond acceptors (Lipinski definition) is 14. The molecule has 0 spiro atoms. The molecule has 8 N–H and O–H groups in total. The summed E-state index contributed by atoms with van der Waals surface area (Å²) in [4.78, 5) is 49.0. The molecule has 0 aliphatic carbocycles. The van der Waals surface area contributed by atoms with Crippen LogP contribution in [0, 0.1) is 0 Å². The SMILES string of the molecule is Nc1nc(SCCC(F)(F)F)nc2c1ncn2[C@@H]1O[C@H](COP(=O)(O)OP(=O)(O)OC(Cl)(Cl)P(=O)(O)O)[C@@H](O)[C@H]1O. The van der Waals surface area contributed by atoms with Crippen LogP contribution in [-0.2, 0) is 31.8 Å². The molecule has 1 aliphatic rings. The zero-order valence-electron chi connectivity index (χ0n) is 19.6. The van der Waals surface area contributed by atoms with Gasteiger partial charge in [-0.3, -0.25) is 13.7 Å². The number of halogens is 5. The minimum absolute atomic E-state index is 0.0351. The highest BCUT2D eigenvalue weighted by atomic mass is 35.5. The molecule has 1 saturated heterocycles. The first-order valence-corrected chi connectivity index (χ1v) is 16.7. The van der Waals surface area contributed by atoms with Crippen LogP contribution in [0.25, 0.3) is 11.2 Å². The third-order valence-electron chi connectivity index (χ3n) is 4.83. The van der Waals surface area contributed by atoms with Crippen molar-refractivity contribution in [1.82, 2.24) is 19.5 Å². The molecule has 3 rings (SSSR count). The number of ether oxygens (including phenoxy) is 1. The largest absolute Gasteiger partial charge is 0.484 e. The number of nitrogens with zero attached hydrogens (tertiary/aromatic N) is 4. The Bertz CT molecular complexity index is 1420. The van der Waals surface area contributed by atoms with Crippen molar-refractivity contribution in [3.05, 3.63) is 6.33 Å². The summed E-state index contributed by atoms with van der Waals surface area (Å²) in [6.07, 6.45) is -11.3. The third-order valence-corrected chi connectivity index (χ3v) is 10.9. The minimum atomic E-state index is -5.88. The molecule has 27 heteroatoms. The van der Waals surface area contributed by atoms with Gasteiger partial charge in [-0.2, -0.15) is 17.5 Å². The van der Waals surface area contributed by atoms with E-state index in [1.165, 1.54) is 0 Å². The number of nitrogen functional groups attached to an aromatic ring is 1. The topological polar surface area (TPSA) is 279 Å². The number of alkyl halides is 5. The predicted molar refractivity (Wildman–Crippen MR) is 131 cm³/mol. The summed E-state index contributed by atoms with van der Waals surface area (Å²) < 4.78 is 87.5. The lowest BCUT2D eigenvalue weighted by Crippen LogP contribution is -2.33. The summed E-state index contributed by atoms with van der Waals surface area (Å²) in [6, 6.07) is 0. The number of phosphoric ester groups is 2. The van der Waals surface area contributed by atoms with Crippen LogP contribution in [0.1, 0.15) is 12.6 Å². The molecule has 0 saturated carbocycles. The van der Waals surface area contributed by atoms with Crippen molar-refractivity contribution in [3.8, 4) is 0 Å². The number of fused-ring (bicyclic) bond motifs is 1. The Morgan fingerprint density at radius 2 is 1.73 bits per heavy atom. The molecule has 234 valence electrons. The highest BCUT2D eigenvalue weighted by Crippen LogP contribution is 2.68. The average Bonchev–Trinajstić information content (AvgIpc) is 3.30. The highest BCUT2D eigenvalue weighted by Gasteiger charge is 2.53. The molecule has 0 aromatic carbocycles. The van der Waals surface area contributed by atoms with E-state index in [0.717, 1.165) is 10.9 Å². The number of rotatable bonds is 12. The molecule has 0 amide bonds. The molecule has 0 bridgehead atoms. The summed E-state index contributed by atoms with van der Waals surface area (Å²) in [7, 11) is -17.1. The van der Waals surface area contributed by atoms with Crippen molar-refractivity contribution in [2.45, 2.75) is 46.6 Å². The zero-order valence-corrected chi connectivity index (χ0v) is 24.6. The lowest BCUT2D eigenvalue weighted by Gasteiger charge is -2.24. The van der Waals surface area contributed by atoms with E-state index in [1.807, 2.05) is 0 Å². The Hall–Kier alpha value is -0.640. The number of aromatic nitrogens is 4. The van der Waals surface area contributed by atoms with Gasteiger partial charge in [0.1, 0.15) is 23.8 Å². The quantitative estimate of drug-likeness (QED) is 0.0710. The van der Waals surface area contributed by atoms with Gasteiger partial charge in [-0.1, -0.05) is 35.0 Å². The van der Waals surface area contributed by atoms with E-state index >= 15 is 0 Å². The minimum Gasteiger partial charge on any atom is -0.387 e. The second-order valence-corrected chi connectivity index (χ2v) is 15.4. The molecule has 2 unspecified atom stereocenters. The van der Waals surface area contributed by atoms with Gasteiger partial charge >= 0.3 is 33.7 Å². The normalized spacial score (nSPS) is 25.3. The number of anilines is 1. The first-order chi connectivity index (χ1) is 18.5. The van der Waals surface area contributed by atoms with Crippen LogP contribution >= 0.6 is 58.2 Å². The Labute approximate surface area is 240 Å². The number of nitrogens with two attached hydrogens (primary N) is 1. The van der Waals surface area contributed by atoms with Crippen molar-refractivity contribution >= 4 is 75.2 Å². The Morgan fingerprint density at radius 3 is 2.32 bits per heavy atom. The van der Waals surface area contributed by atoms with Crippen LogP contribution in [0.4, 0.5) is 19.0 Å². The van der Waals surface area contributed by atoms with Gasteiger partial charge in [-0.15, -0.1) is 0 Å². The van der Waals surface area contributed by atoms with E-state index in [0.29, 0.717) is 11.8 Å². The van der Waals surface area contributed by atoms with Crippen molar-refractivity contribution in [2.75, 3.05) is 18.1 Å². The Morgan fingerprint density at radius 1 is 1.10 bits per heavy atom. The van der Waals surface area contributed by atoms with Gasteiger partial charge in [0.15, 0.2) is 22.8 Å². The third kappa shape index (κ3) is 8.95. The van der Waals surface area contributed by atoms with E-state index < -0.39 is 77.0 Å². The lowest BCUT2D eigenvalue weighted by molar-refractivity contribution is -0.129. The fourth-order valence-electron chi connectivity index (χ4n) is 3.05. The van der Waals surface area contributed by atoms with Crippen molar-refractivity contribution < 1.29 is 74.7 Å². The van der Waals surface area contributed by atoms with Gasteiger partial charge in [-0.05, 0) is 0 Å². The second-order valence-electron chi connectivity index (χ2n) is 7.91. The molecule has 2 aromatic heterocycles. The molecule has 1 fully saturated rings. The summed E-state index contributed by atoms with van der Waals surface area (Å²) in [5, 5.41) is 20.7. The maximum absolute atomic E-state index is 12.5. The molecule has 18 nitrogen and oxygen atoms in total. The fraction of sp³-hybridized carbons (Fsp3) is 0.643. The number of thioether (sulfide) groups is 1. The standard InChI is InChI=1S/C14H19Cl2F3N5O13P3S/c15-14(16,38(27,28)29)36-40(32,33)37-39(30,31)34-3-5-7(25)8(26)11(35-5)24-4-21-6-9(20)22-12(23-10(6)24)41-2-1-13(17,18)19/h4-5,7-8,11,25-26H,1-3H2,(H,30,31)(H,32,33)(H2,20,22,23)(H2,27,28,29)/t5-,7-,8-,11-/m1/s1. The molecule has 0 radical (unpaired) electrons. The van der Waals surface area contributed by atoms with Crippen molar-refractivity contribution in [1.29, 1.82) is 0 Å². The Kier molecular flexibility index (Phi) is 10.5. The van der Waals surface area contributed by atoms with E-state index in [4.69, 9.17) is 43.5 Å². The first kappa shape index (κ1) is 34.8. The highest BCUT2D eigenvalue weighted by molar-refractivity contribution is 7.99. The number of imidazole rings is 1.